The maximum absolute atomic E-state index is 13.1. The molecular weight excluding hydrogens is 402 g/mol. The number of nitrogens with one attached hydrogen (secondary N) is 1. The van der Waals surface area contributed by atoms with Crippen molar-refractivity contribution in [2.75, 3.05) is 18.5 Å². The number of benzene rings is 2. The number of hydrogen-bond donors (Lipinski definition) is 1. The lowest BCUT2D eigenvalue weighted by atomic mass is 10.1. The summed E-state index contributed by atoms with van der Waals surface area (Å²) in [4.78, 5) is 16.9. The van der Waals surface area contributed by atoms with Crippen LogP contribution < -0.4 is 14.4 Å². The van der Waals surface area contributed by atoms with Crippen LogP contribution in [0, 0.1) is 6.92 Å². The van der Waals surface area contributed by atoms with Crippen molar-refractivity contribution in [3.63, 3.8) is 0 Å². The molecule has 1 aromatic heterocycles. The highest BCUT2D eigenvalue weighted by Gasteiger charge is 2.23. The predicted molar refractivity (Wildman–Crippen MR) is 115 cm³/mol. The Morgan fingerprint density at radius 2 is 1.83 bits per heavy atom. The topological polar surface area (TPSA) is 88.6 Å². The summed E-state index contributed by atoms with van der Waals surface area (Å²) in [5.41, 5.74) is 2.26. The highest BCUT2D eigenvalue weighted by atomic mass is 32.2. The fraction of sp³-hybridized carbons (Fsp3) is 0.182. The first-order chi connectivity index (χ1) is 14.3. The Labute approximate surface area is 176 Å². The van der Waals surface area contributed by atoms with E-state index in [4.69, 9.17) is 4.74 Å². The number of hydrogen-bond acceptors (Lipinski definition) is 5. The summed E-state index contributed by atoms with van der Waals surface area (Å²) in [5.74, 6) is 0.261. The molecule has 30 heavy (non-hydrogen) atoms. The summed E-state index contributed by atoms with van der Waals surface area (Å²) in [7, 11) is -0.814. The monoisotopic (exact) mass is 425 g/mol. The summed E-state index contributed by atoms with van der Waals surface area (Å²) < 4.78 is 32.4. The van der Waals surface area contributed by atoms with Crippen LogP contribution in [-0.2, 0) is 16.6 Å². The molecule has 1 heterocycles. The standard InChI is InChI=1S/C22H23N3O4S/c1-16-7-8-17(22(26)24-15-18-6-4-5-13-23-18)14-21(16)25(2)30(27,28)20-11-9-19(29-3)10-12-20/h4-14H,15H2,1-3H3,(H,24,26). The van der Waals surface area contributed by atoms with Gasteiger partial charge in [0.2, 0.25) is 0 Å². The molecule has 0 fully saturated rings. The SMILES string of the molecule is COc1ccc(S(=O)(=O)N(C)c2cc(C(=O)NCc3ccccn3)ccc2C)cc1. The number of carbonyl (C=O) groups excluding carboxylic acids is 1. The number of amides is 1. The van der Waals surface area contributed by atoms with Crippen LogP contribution in [0.25, 0.3) is 0 Å². The molecule has 1 N–H and O–H groups in total. The fourth-order valence-corrected chi connectivity index (χ4v) is 4.15. The van der Waals surface area contributed by atoms with Crippen molar-refractivity contribution in [2.45, 2.75) is 18.4 Å². The Morgan fingerprint density at radius 3 is 2.47 bits per heavy atom. The van der Waals surface area contributed by atoms with Crippen molar-refractivity contribution in [3.8, 4) is 5.75 Å². The van der Waals surface area contributed by atoms with E-state index in [1.165, 1.54) is 30.6 Å². The number of ether oxygens (including phenoxy) is 1. The van der Waals surface area contributed by atoms with Crippen LogP contribution in [0.15, 0.2) is 71.8 Å². The van der Waals surface area contributed by atoms with Gasteiger partial charge in [-0.2, -0.15) is 0 Å². The Hall–Kier alpha value is -3.39. The van der Waals surface area contributed by atoms with Gasteiger partial charge in [0, 0.05) is 18.8 Å². The Morgan fingerprint density at radius 1 is 1.10 bits per heavy atom. The summed E-state index contributed by atoms with van der Waals surface area (Å²) in [6, 6.07) is 16.6. The normalized spacial score (nSPS) is 11.0. The van der Waals surface area contributed by atoms with E-state index in [0.29, 0.717) is 17.0 Å². The van der Waals surface area contributed by atoms with E-state index in [9.17, 15) is 13.2 Å². The summed E-state index contributed by atoms with van der Waals surface area (Å²) in [6.07, 6.45) is 1.66. The molecule has 8 heteroatoms. The van der Waals surface area contributed by atoms with E-state index in [2.05, 4.69) is 10.3 Å². The first kappa shape index (κ1) is 21.3. The van der Waals surface area contributed by atoms with Gasteiger partial charge in [-0.25, -0.2) is 8.42 Å². The molecule has 0 saturated carbocycles. The maximum Gasteiger partial charge on any atom is 0.264 e. The van der Waals surface area contributed by atoms with Crippen molar-refractivity contribution in [1.29, 1.82) is 0 Å². The van der Waals surface area contributed by atoms with Gasteiger partial charge < -0.3 is 10.1 Å². The third-order valence-corrected chi connectivity index (χ3v) is 6.47. The summed E-state index contributed by atoms with van der Waals surface area (Å²) in [5, 5.41) is 2.80. The van der Waals surface area contributed by atoms with Gasteiger partial charge >= 0.3 is 0 Å². The molecular formula is C22H23N3O4S. The number of pyridine rings is 1. The average Bonchev–Trinajstić information content (AvgIpc) is 2.78. The lowest BCUT2D eigenvalue weighted by Gasteiger charge is -2.22. The zero-order valence-electron chi connectivity index (χ0n) is 17.0. The Kier molecular flexibility index (Phi) is 6.37. The van der Waals surface area contributed by atoms with Crippen LogP contribution in [0.5, 0.6) is 5.75 Å². The van der Waals surface area contributed by atoms with Crippen molar-refractivity contribution >= 4 is 21.6 Å². The van der Waals surface area contributed by atoms with E-state index in [0.717, 1.165) is 11.3 Å². The molecule has 0 unspecified atom stereocenters. The molecule has 3 rings (SSSR count). The highest BCUT2D eigenvalue weighted by molar-refractivity contribution is 7.92. The van der Waals surface area contributed by atoms with E-state index in [1.54, 1.807) is 49.5 Å². The van der Waals surface area contributed by atoms with Gasteiger partial charge in [-0.15, -0.1) is 0 Å². The summed E-state index contributed by atoms with van der Waals surface area (Å²) in [6.45, 7) is 2.08. The van der Waals surface area contributed by atoms with Crippen LogP contribution in [0.3, 0.4) is 0 Å². The van der Waals surface area contributed by atoms with E-state index in [1.807, 2.05) is 12.1 Å². The molecule has 0 atom stereocenters. The number of rotatable bonds is 7. The molecule has 156 valence electrons. The number of nitrogens with zero attached hydrogens (tertiary/aromatic N) is 2. The van der Waals surface area contributed by atoms with Gasteiger partial charge in [-0.1, -0.05) is 12.1 Å². The van der Waals surface area contributed by atoms with Crippen molar-refractivity contribution in [1.82, 2.24) is 10.3 Å². The van der Waals surface area contributed by atoms with Crippen molar-refractivity contribution in [3.05, 3.63) is 83.7 Å². The van der Waals surface area contributed by atoms with Crippen LogP contribution >= 0.6 is 0 Å². The number of sulfonamides is 1. The van der Waals surface area contributed by atoms with Crippen LogP contribution in [0.1, 0.15) is 21.6 Å². The quantitative estimate of drug-likeness (QED) is 0.628. The molecule has 0 spiro atoms. The van der Waals surface area contributed by atoms with E-state index >= 15 is 0 Å². The first-order valence-electron chi connectivity index (χ1n) is 9.24. The molecule has 0 aliphatic carbocycles. The maximum atomic E-state index is 13.1. The largest absolute Gasteiger partial charge is 0.497 e. The summed E-state index contributed by atoms with van der Waals surface area (Å²) >= 11 is 0. The van der Waals surface area contributed by atoms with Gasteiger partial charge in [-0.3, -0.25) is 14.1 Å². The molecule has 0 radical (unpaired) electrons. The molecule has 3 aromatic rings. The Balaban J connectivity index is 1.83. The van der Waals surface area contributed by atoms with Crippen molar-refractivity contribution in [2.24, 2.45) is 0 Å². The minimum atomic E-state index is -3.80. The molecule has 2 aromatic carbocycles. The van der Waals surface area contributed by atoms with Gasteiger partial charge in [0.15, 0.2) is 0 Å². The van der Waals surface area contributed by atoms with Crippen LogP contribution in [0.4, 0.5) is 5.69 Å². The van der Waals surface area contributed by atoms with Gasteiger partial charge in [-0.05, 0) is 61.0 Å². The van der Waals surface area contributed by atoms with Crippen LogP contribution in [0.2, 0.25) is 0 Å². The fourth-order valence-electron chi connectivity index (χ4n) is 2.90. The number of aryl methyl sites for hydroxylation is 1. The molecule has 0 aliphatic rings. The zero-order chi connectivity index (χ0) is 21.7. The number of aromatic nitrogens is 1. The third-order valence-electron chi connectivity index (χ3n) is 4.68. The Bertz CT molecular complexity index is 1130. The average molecular weight is 426 g/mol. The molecule has 0 aliphatic heterocycles. The zero-order valence-corrected chi connectivity index (χ0v) is 17.8. The van der Waals surface area contributed by atoms with E-state index in [-0.39, 0.29) is 17.3 Å². The van der Waals surface area contributed by atoms with E-state index < -0.39 is 10.0 Å². The van der Waals surface area contributed by atoms with Gasteiger partial charge in [0.05, 0.1) is 29.9 Å². The smallest absolute Gasteiger partial charge is 0.264 e. The minimum Gasteiger partial charge on any atom is -0.497 e. The molecule has 0 bridgehead atoms. The lowest BCUT2D eigenvalue weighted by Crippen LogP contribution is -2.28. The van der Waals surface area contributed by atoms with Gasteiger partial charge in [0.1, 0.15) is 5.75 Å². The number of anilines is 1. The second-order valence-electron chi connectivity index (χ2n) is 6.65. The molecule has 0 saturated heterocycles. The first-order valence-corrected chi connectivity index (χ1v) is 10.7. The lowest BCUT2D eigenvalue weighted by molar-refractivity contribution is 0.0950. The highest BCUT2D eigenvalue weighted by Crippen LogP contribution is 2.27. The predicted octanol–water partition coefficient (Wildman–Crippen LogP) is 3.15. The van der Waals surface area contributed by atoms with Crippen molar-refractivity contribution < 1.29 is 17.9 Å². The number of carbonyl (C=O) groups is 1. The second kappa shape index (κ2) is 8.96. The molecule has 1 amide bonds. The van der Waals surface area contributed by atoms with Crippen LogP contribution in [-0.4, -0.2) is 33.5 Å². The minimum absolute atomic E-state index is 0.134. The molecule has 7 nitrogen and oxygen atoms in total. The third kappa shape index (κ3) is 4.60. The number of methoxy groups -OCH3 is 1. The second-order valence-corrected chi connectivity index (χ2v) is 8.62. The van der Waals surface area contributed by atoms with Gasteiger partial charge in [0.25, 0.3) is 15.9 Å².